The first kappa shape index (κ1) is 11.8. The first-order valence-corrected chi connectivity index (χ1v) is 4.54. The summed E-state index contributed by atoms with van der Waals surface area (Å²) in [4.78, 5) is 28.0. The van der Waals surface area contributed by atoms with Gasteiger partial charge in [0.1, 0.15) is 12.4 Å². The Bertz CT molecular complexity index is 378. The van der Waals surface area contributed by atoms with E-state index in [-0.39, 0.29) is 24.0 Å². The molecule has 1 heterocycles. The average Bonchev–Trinajstić information content (AvgIpc) is 2.29. The van der Waals surface area contributed by atoms with Gasteiger partial charge in [-0.25, -0.2) is 9.97 Å². The monoisotopic (exact) mass is 225 g/mol. The van der Waals surface area contributed by atoms with E-state index in [1.807, 2.05) is 0 Å². The molecular weight excluding hydrogens is 214 g/mol. The van der Waals surface area contributed by atoms with Gasteiger partial charge in [0.25, 0.3) is 0 Å². The number of hydrogen-bond donors (Lipinski definition) is 2. The van der Waals surface area contributed by atoms with E-state index >= 15 is 0 Å². The maximum absolute atomic E-state index is 10.9. The van der Waals surface area contributed by atoms with Gasteiger partial charge in [0.05, 0.1) is 4.92 Å². The van der Waals surface area contributed by atoms with Gasteiger partial charge in [-0.15, -0.1) is 0 Å². The van der Waals surface area contributed by atoms with Crippen molar-refractivity contribution >= 4 is 17.5 Å². The van der Waals surface area contributed by atoms with E-state index in [2.05, 4.69) is 20.6 Å². The fourth-order valence-electron chi connectivity index (χ4n) is 0.920. The average molecular weight is 225 g/mol. The van der Waals surface area contributed by atoms with Crippen LogP contribution in [0.25, 0.3) is 0 Å². The van der Waals surface area contributed by atoms with Crippen LogP contribution in [0, 0.1) is 10.1 Å². The molecule has 8 heteroatoms. The highest BCUT2D eigenvalue weighted by Gasteiger charge is 2.06. The van der Waals surface area contributed by atoms with Crippen molar-refractivity contribution in [3.05, 3.63) is 22.5 Å². The Morgan fingerprint density at radius 1 is 1.50 bits per heavy atom. The summed E-state index contributed by atoms with van der Waals surface area (Å²) in [6.45, 7) is 0.373. The number of amides is 1. The number of hydrogen-bond acceptors (Lipinski definition) is 6. The molecule has 1 aromatic heterocycles. The van der Waals surface area contributed by atoms with Crippen LogP contribution in [0.2, 0.25) is 0 Å². The molecule has 0 aliphatic heterocycles. The number of nitrogens with zero attached hydrogens (tertiary/aromatic N) is 3. The molecule has 0 spiro atoms. The van der Waals surface area contributed by atoms with E-state index < -0.39 is 4.92 Å². The molecule has 8 nitrogen and oxygen atoms in total. The van der Waals surface area contributed by atoms with Crippen molar-refractivity contribution in [1.82, 2.24) is 15.3 Å². The van der Waals surface area contributed by atoms with E-state index in [1.165, 1.54) is 0 Å². The molecule has 1 amide bonds. The first-order chi connectivity index (χ1) is 7.63. The molecule has 1 aromatic rings. The van der Waals surface area contributed by atoms with Gasteiger partial charge in [-0.05, 0) is 0 Å². The third kappa shape index (κ3) is 3.48. The lowest BCUT2D eigenvalue weighted by molar-refractivity contribution is -0.385. The third-order valence-electron chi connectivity index (χ3n) is 1.76. The van der Waals surface area contributed by atoms with Crippen molar-refractivity contribution in [2.45, 2.75) is 6.42 Å². The number of nitro groups is 1. The zero-order chi connectivity index (χ0) is 12.0. The van der Waals surface area contributed by atoms with E-state index in [1.54, 1.807) is 7.05 Å². The summed E-state index contributed by atoms with van der Waals surface area (Å²) < 4.78 is 0. The largest absolute Gasteiger partial charge is 0.359 e. The minimum Gasteiger partial charge on any atom is -0.359 e. The van der Waals surface area contributed by atoms with Crippen LogP contribution < -0.4 is 10.6 Å². The van der Waals surface area contributed by atoms with Gasteiger partial charge in [0.15, 0.2) is 0 Å². The van der Waals surface area contributed by atoms with Crippen LogP contribution in [0.1, 0.15) is 6.42 Å². The van der Waals surface area contributed by atoms with Crippen molar-refractivity contribution in [2.24, 2.45) is 0 Å². The van der Waals surface area contributed by atoms with Crippen LogP contribution in [0.3, 0.4) is 0 Å². The summed E-state index contributed by atoms with van der Waals surface area (Å²) in [5.74, 6) is 0.156. The number of nitrogens with one attached hydrogen (secondary N) is 2. The smallest absolute Gasteiger partial charge is 0.305 e. The predicted octanol–water partition coefficient (Wildman–Crippen LogP) is -0.0672. The molecule has 0 saturated carbocycles. The zero-order valence-electron chi connectivity index (χ0n) is 8.64. The number of rotatable bonds is 5. The van der Waals surface area contributed by atoms with Gasteiger partial charge >= 0.3 is 5.69 Å². The molecule has 0 aliphatic carbocycles. The molecule has 0 bridgehead atoms. The van der Waals surface area contributed by atoms with Crippen LogP contribution in [0.15, 0.2) is 12.4 Å². The van der Waals surface area contributed by atoms with Crippen LogP contribution in [-0.4, -0.2) is 34.4 Å². The maximum atomic E-state index is 10.9. The first-order valence-electron chi connectivity index (χ1n) is 4.54. The molecule has 0 atom stereocenters. The predicted molar refractivity (Wildman–Crippen MR) is 55.9 cm³/mol. The Morgan fingerprint density at radius 2 is 2.12 bits per heavy atom. The van der Waals surface area contributed by atoms with E-state index in [4.69, 9.17) is 0 Å². The summed E-state index contributed by atoms with van der Waals surface area (Å²) in [7, 11) is 1.55. The van der Waals surface area contributed by atoms with Crippen molar-refractivity contribution in [3.8, 4) is 0 Å². The minimum absolute atomic E-state index is 0.102. The highest BCUT2D eigenvalue weighted by molar-refractivity contribution is 5.75. The Balaban J connectivity index is 2.43. The van der Waals surface area contributed by atoms with Crippen molar-refractivity contribution in [3.63, 3.8) is 0 Å². The molecule has 0 radical (unpaired) electrons. The van der Waals surface area contributed by atoms with Gasteiger partial charge in [0, 0.05) is 20.0 Å². The van der Waals surface area contributed by atoms with Gasteiger partial charge in [-0.1, -0.05) is 0 Å². The number of aromatic nitrogens is 2. The van der Waals surface area contributed by atoms with Crippen molar-refractivity contribution < 1.29 is 9.72 Å². The Hall–Kier alpha value is -2.25. The third-order valence-corrected chi connectivity index (χ3v) is 1.76. The molecule has 1 rings (SSSR count). The Morgan fingerprint density at radius 3 is 2.62 bits per heavy atom. The summed E-state index contributed by atoms with van der Waals surface area (Å²) >= 11 is 0. The summed E-state index contributed by atoms with van der Waals surface area (Å²) in [5, 5.41) is 15.5. The van der Waals surface area contributed by atoms with Crippen LogP contribution in [0.5, 0.6) is 0 Å². The number of carbonyl (C=O) groups is 1. The molecule has 0 saturated heterocycles. The van der Waals surface area contributed by atoms with Crippen LogP contribution in [-0.2, 0) is 4.79 Å². The fourth-order valence-corrected chi connectivity index (χ4v) is 0.920. The molecule has 16 heavy (non-hydrogen) atoms. The second kappa shape index (κ2) is 5.59. The second-order valence-electron chi connectivity index (χ2n) is 2.87. The molecule has 0 aliphatic rings. The second-order valence-corrected chi connectivity index (χ2v) is 2.87. The van der Waals surface area contributed by atoms with Gasteiger partial charge in [-0.2, -0.15) is 0 Å². The molecule has 0 fully saturated rings. The van der Waals surface area contributed by atoms with Gasteiger partial charge in [0.2, 0.25) is 11.9 Å². The van der Waals surface area contributed by atoms with Crippen molar-refractivity contribution in [2.75, 3.05) is 18.9 Å². The fraction of sp³-hybridized carbons (Fsp3) is 0.375. The standard InChI is InChI=1S/C8H11N5O3/c1-9-7(14)2-3-10-8-11-4-6(5-12-8)13(15)16/h4-5H,2-3H2,1H3,(H,9,14)(H,10,11,12). The van der Waals surface area contributed by atoms with Crippen LogP contribution >= 0.6 is 0 Å². The highest BCUT2D eigenvalue weighted by Crippen LogP contribution is 2.07. The molecule has 0 aromatic carbocycles. The Labute approximate surface area is 91.2 Å². The van der Waals surface area contributed by atoms with Crippen molar-refractivity contribution in [1.29, 1.82) is 0 Å². The molecular formula is C8H11N5O3. The molecule has 86 valence electrons. The van der Waals surface area contributed by atoms with Crippen LogP contribution in [0.4, 0.5) is 11.6 Å². The lowest BCUT2D eigenvalue weighted by Crippen LogP contribution is -2.21. The zero-order valence-corrected chi connectivity index (χ0v) is 8.64. The Kier molecular flexibility index (Phi) is 4.13. The minimum atomic E-state index is -0.575. The summed E-state index contributed by atoms with van der Waals surface area (Å²) in [6, 6.07) is 0. The van der Waals surface area contributed by atoms with E-state index in [9.17, 15) is 14.9 Å². The lowest BCUT2D eigenvalue weighted by atomic mass is 10.4. The number of anilines is 1. The van der Waals surface area contributed by atoms with E-state index in [0.29, 0.717) is 6.54 Å². The number of carbonyl (C=O) groups excluding carboxylic acids is 1. The normalized spacial score (nSPS) is 9.56. The van der Waals surface area contributed by atoms with E-state index in [0.717, 1.165) is 12.4 Å². The SMILES string of the molecule is CNC(=O)CCNc1ncc([N+](=O)[O-])cn1. The molecule has 0 unspecified atom stereocenters. The molecule has 2 N–H and O–H groups in total. The van der Waals surface area contributed by atoms with Gasteiger partial charge in [-0.3, -0.25) is 14.9 Å². The highest BCUT2D eigenvalue weighted by atomic mass is 16.6. The van der Waals surface area contributed by atoms with Gasteiger partial charge < -0.3 is 10.6 Å². The topological polar surface area (TPSA) is 110 Å². The summed E-state index contributed by atoms with van der Waals surface area (Å²) in [6.07, 6.45) is 2.50. The maximum Gasteiger partial charge on any atom is 0.305 e. The quantitative estimate of drug-likeness (QED) is 0.536. The lowest BCUT2D eigenvalue weighted by Gasteiger charge is -2.02. The summed E-state index contributed by atoms with van der Waals surface area (Å²) in [5.41, 5.74) is -0.170.